The minimum Gasteiger partial charge on any atom is -0.481 e. The summed E-state index contributed by atoms with van der Waals surface area (Å²) in [5.41, 5.74) is 0.449. The van der Waals surface area contributed by atoms with Crippen LogP contribution in [0.15, 0.2) is 91.3 Å². The number of carbonyl (C=O) groups is 2. The van der Waals surface area contributed by atoms with Gasteiger partial charge in [0.1, 0.15) is 17.3 Å². The standard InChI is InChI=1S/C35H31F4N7O3S/c36-25-18-23(17-24(19-25)35(37,38)39)32-29(22-46(26-7-3-1-4-8-26)27-9-5-2-6-10-27)50-34(42-32)43-33(49)28-20-41-30(21-40-28)45-15-13-44(14-16-45)12-11-31(47)48/h1-10,17-21H,11-16,22H2,(H,47,48)(H,42,43,49). The van der Waals surface area contributed by atoms with Gasteiger partial charge >= 0.3 is 12.1 Å². The van der Waals surface area contributed by atoms with Crippen molar-refractivity contribution < 1.29 is 32.3 Å². The fourth-order valence-corrected chi connectivity index (χ4v) is 6.50. The molecule has 0 saturated carbocycles. The van der Waals surface area contributed by atoms with Gasteiger partial charge in [0.25, 0.3) is 5.91 Å². The molecule has 0 aliphatic carbocycles. The Morgan fingerprint density at radius 3 is 2.14 bits per heavy atom. The summed E-state index contributed by atoms with van der Waals surface area (Å²) in [5.74, 6) is -1.98. The van der Waals surface area contributed by atoms with E-state index >= 15 is 0 Å². The molecule has 0 radical (unpaired) electrons. The number of piperazine rings is 1. The Morgan fingerprint density at radius 2 is 1.56 bits per heavy atom. The zero-order valence-corrected chi connectivity index (χ0v) is 27.3. The number of halogens is 4. The number of aliphatic carboxylic acids is 1. The number of benzene rings is 3. The lowest BCUT2D eigenvalue weighted by molar-refractivity contribution is -0.138. The molecule has 1 saturated heterocycles. The predicted molar refractivity (Wildman–Crippen MR) is 182 cm³/mol. The van der Waals surface area contributed by atoms with Gasteiger partial charge in [0, 0.05) is 49.7 Å². The number of hydrogen-bond acceptors (Lipinski definition) is 9. The van der Waals surface area contributed by atoms with E-state index in [-0.39, 0.29) is 35.0 Å². The summed E-state index contributed by atoms with van der Waals surface area (Å²) in [4.78, 5) is 43.8. The smallest absolute Gasteiger partial charge is 0.416 e. The van der Waals surface area contributed by atoms with Crippen LogP contribution in [-0.4, -0.2) is 69.6 Å². The first-order chi connectivity index (χ1) is 24.0. The molecular weight excluding hydrogens is 674 g/mol. The number of para-hydroxylation sites is 2. The molecule has 3 heterocycles. The number of carboxylic acid groups (broad SMARTS) is 1. The SMILES string of the molecule is O=C(O)CCN1CCN(c2cnc(C(=O)Nc3nc(-c4cc(F)cc(C(F)(F)F)c4)c(CN(c4ccccc4)c4ccccc4)s3)cn2)CC1. The molecule has 15 heteroatoms. The highest BCUT2D eigenvalue weighted by Crippen LogP contribution is 2.39. The molecule has 50 heavy (non-hydrogen) atoms. The van der Waals surface area contributed by atoms with Crippen LogP contribution in [0.25, 0.3) is 11.3 Å². The Balaban J connectivity index is 1.26. The monoisotopic (exact) mass is 705 g/mol. The maximum atomic E-state index is 14.6. The van der Waals surface area contributed by atoms with Crippen LogP contribution in [0, 0.1) is 5.82 Å². The van der Waals surface area contributed by atoms with Gasteiger partial charge in [0.05, 0.1) is 41.5 Å². The van der Waals surface area contributed by atoms with Crippen molar-refractivity contribution in [3.8, 4) is 11.3 Å². The minimum atomic E-state index is -4.79. The third-order valence-corrected chi connectivity index (χ3v) is 9.02. The number of nitrogens with zero attached hydrogens (tertiary/aromatic N) is 6. The third-order valence-electron chi connectivity index (χ3n) is 8.06. The van der Waals surface area contributed by atoms with Gasteiger partial charge in [-0.15, -0.1) is 0 Å². The van der Waals surface area contributed by atoms with E-state index in [1.54, 1.807) is 0 Å². The molecule has 0 spiro atoms. The molecule has 1 amide bonds. The molecule has 2 aromatic heterocycles. The summed E-state index contributed by atoms with van der Waals surface area (Å²) < 4.78 is 55.8. The summed E-state index contributed by atoms with van der Waals surface area (Å²) >= 11 is 1.06. The second-order valence-corrected chi connectivity index (χ2v) is 12.5. The molecule has 0 bridgehead atoms. The Hall–Kier alpha value is -5.41. The summed E-state index contributed by atoms with van der Waals surface area (Å²) in [6.07, 6.45) is -1.92. The fourth-order valence-electron chi connectivity index (χ4n) is 5.54. The van der Waals surface area contributed by atoms with Crippen LogP contribution in [-0.2, 0) is 17.5 Å². The lowest BCUT2D eigenvalue weighted by atomic mass is 10.1. The first-order valence-corrected chi connectivity index (χ1v) is 16.4. The zero-order chi connectivity index (χ0) is 35.3. The number of carboxylic acids is 1. The van der Waals surface area contributed by atoms with Gasteiger partial charge < -0.3 is 14.9 Å². The van der Waals surface area contributed by atoms with Crippen molar-refractivity contribution in [2.45, 2.75) is 19.1 Å². The van der Waals surface area contributed by atoms with Crippen molar-refractivity contribution in [1.29, 1.82) is 0 Å². The first-order valence-electron chi connectivity index (χ1n) is 15.6. The van der Waals surface area contributed by atoms with Crippen molar-refractivity contribution in [1.82, 2.24) is 19.9 Å². The number of carbonyl (C=O) groups excluding carboxylic acids is 1. The van der Waals surface area contributed by atoms with E-state index in [4.69, 9.17) is 5.11 Å². The molecule has 5 aromatic rings. The molecule has 0 unspecified atom stereocenters. The summed E-state index contributed by atoms with van der Waals surface area (Å²) in [5, 5.41) is 11.7. The van der Waals surface area contributed by atoms with Gasteiger partial charge in [-0.2, -0.15) is 13.2 Å². The van der Waals surface area contributed by atoms with E-state index in [0.717, 1.165) is 34.8 Å². The lowest BCUT2D eigenvalue weighted by Crippen LogP contribution is -2.47. The normalized spacial score (nSPS) is 13.6. The van der Waals surface area contributed by atoms with E-state index in [2.05, 4.69) is 25.2 Å². The lowest BCUT2D eigenvalue weighted by Gasteiger charge is -2.34. The highest BCUT2D eigenvalue weighted by atomic mass is 32.1. The molecule has 6 rings (SSSR count). The van der Waals surface area contributed by atoms with Crippen molar-refractivity contribution in [3.05, 3.63) is 113 Å². The number of nitrogens with one attached hydrogen (secondary N) is 1. The molecule has 1 aliphatic rings. The third kappa shape index (κ3) is 8.41. The molecule has 3 aromatic carbocycles. The van der Waals surface area contributed by atoms with Gasteiger partial charge in [-0.25, -0.2) is 19.3 Å². The van der Waals surface area contributed by atoms with Gasteiger partial charge in [-0.1, -0.05) is 47.7 Å². The van der Waals surface area contributed by atoms with Crippen molar-refractivity contribution >= 4 is 45.5 Å². The average Bonchev–Trinajstić information content (AvgIpc) is 3.52. The quantitative estimate of drug-likeness (QED) is 0.141. The van der Waals surface area contributed by atoms with Gasteiger partial charge in [-0.05, 0) is 42.5 Å². The molecule has 1 aliphatic heterocycles. The molecule has 1 fully saturated rings. The number of rotatable bonds is 11. The van der Waals surface area contributed by atoms with Crippen LogP contribution < -0.4 is 15.1 Å². The van der Waals surface area contributed by atoms with E-state index in [1.165, 1.54) is 12.4 Å². The molecule has 10 nitrogen and oxygen atoms in total. The van der Waals surface area contributed by atoms with E-state index in [9.17, 15) is 27.2 Å². The highest BCUT2D eigenvalue weighted by molar-refractivity contribution is 7.16. The van der Waals surface area contributed by atoms with Gasteiger partial charge in [-0.3, -0.25) is 19.8 Å². The summed E-state index contributed by atoms with van der Waals surface area (Å²) in [6.45, 7) is 3.16. The molecule has 0 atom stereocenters. The topological polar surface area (TPSA) is 115 Å². The van der Waals surface area contributed by atoms with E-state index in [0.29, 0.717) is 49.5 Å². The van der Waals surface area contributed by atoms with Crippen LogP contribution in [0.2, 0.25) is 0 Å². The number of anilines is 4. The van der Waals surface area contributed by atoms with Crippen LogP contribution in [0.3, 0.4) is 0 Å². The first kappa shape index (κ1) is 34.5. The number of thiazole rings is 1. The number of alkyl halides is 3. The Bertz CT molecular complexity index is 1900. The summed E-state index contributed by atoms with van der Waals surface area (Å²) in [7, 11) is 0. The average molecular weight is 706 g/mol. The molecule has 258 valence electrons. The largest absolute Gasteiger partial charge is 0.481 e. The minimum absolute atomic E-state index is 0.00699. The summed E-state index contributed by atoms with van der Waals surface area (Å²) in [6, 6.07) is 21.0. The Labute approximate surface area is 288 Å². The maximum absolute atomic E-state index is 14.6. The van der Waals surface area contributed by atoms with Crippen LogP contribution in [0.1, 0.15) is 27.3 Å². The maximum Gasteiger partial charge on any atom is 0.416 e. The van der Waals surface area contributed by atoms with Crippen LogP contribution >= 0.6 is 11.3 Å². The van der Waals surface area contributed by atoms with Gasteiger partial charge in [0.2, 0.25) is 0 Å². The fraction of sp³-hybridized carbons (Fsp3) is 0.229. The number of hydrogen-bond donors (Lipinski definition) is 2. The van der Waals surface area contributed by atoms with Crippen molar-refractivity contribution in [3.63, 3.8) is 0 Å². The van der Waals surface area contributed by atoms with E-state index in [1.807, 2.05) is 70.5 Å². The molecule has 2 N–H and O–H groups in total. The van der Waals surface area contributed by atoms with E-state index < -0.39 is 29.4 Å². The Kier molecular flexibility index (Phi) is 10.3. The highest BCUT2D eigenvalue weighted by Gasteiger charge is 2.32. The predicted octanol–water partition coefficient (Wildman–Crippen LogP) is 6.95. The van der Waals surface area contributed by atoms with Crippen LogP contribution in [0.5, 0.6) is 0 Å². The van der Waals surface area contributed by atoms with Crippen molar-refractivity contribution in [2.24, 2.45) is 0 Å². The van der Waals surface area contributed by atoms with Crippen LogP contribution in [0.4, 0.5) is 39.9 Å². The zero-order valence-electron chi connectivity index (χ0n) is 26.5. The van der Waals surface area contributed by atoms with Crippen molar-refractivity contribution in [2.75, 3.05) is 47.8 Å². The number of amides is 1. The Morgan fingerprint density at radius 1 is 0.900 bits per heavy atom. The second kappa shape index (κ2) is 15.0. The number of aromatic nitrogens is 3. The van der Waals surface area contributed by atoms with Gasteiger partial charge in [0.15, 0.2) is 5.13 Å². The molecular formula is C35H31F4N7O3S. The second-order valence-electron chi connectivity index (χ2n) is 11.5.